The van der Waals surface area contributed by atoms with Crippen LogP contribution in [0.25, 0.3) is 0 Å². The van der Waals surface area contributed by atoms with E-state index in [0.717, 1.165) is 17.1 Å². The van der Waals surface area contributed by atoms with Crippen LogP contribution in [0.3, 0.4) is 0 Å². The average molecular weight is 325 g/mol. The first-order chi connectivity index (χ1) is 11.6. The summed E-state index contributed by atoms with van der Waals surface area (Å²) < 4.78 is 5.20. The van der Waals surface area contributed by atoms with Gasteiger partial charge in [0.2, 0.25) is 0 Å². The van der Waals surface area contributed by atoms with Crippen LogP contribution < -0.4 is 10.2 Å². The fourth-order valence-corrected chi connectivity index (χ4v) is 2.17. The maximum absolute atomic E-state index is 11.8. The molecule has 0 spiro atoms. The number of carbonyl (C=O) groups is 1. The third kappa shape index (κ3) is 5.12. The molecule has 0 saturated heterocycles. The van der Waals surface area contributed by atoms with E-state index in [4.69, 9.17) is 4.74 Å². The highest BCUT2D eigenvalue weighted by atomic mass is 16.5. The molecule has 0 aliphatic heterocycles. The van der Waals surface area contributed by atoms with Crippen molar-refractivity contribution in [2.45, 2.75) is 13.3 Å². The van der Waals surface area contributed by atoms with Gasteiger partial charge in [0.1, 0.15) is 0 Å². The van der Waals surface area contributed by atoms with Gasteiger partial charge in [-0.05, 0) is 36.8 Å². The van der Waals surface area contributed by atoms with Crippen molar-refractivity contribution in [3.8, 4) is 0 Å². The van der Waals surface area contributed by atoms with E-state index in [-0.39, 0.29) is 0 Å². The summed E-state index contributed by atoms with van der Waals surface area (Å²) in [6, 6.07) is 17.5. The summed E-state index contributed by atoms with van der Waals surface area (Å²) in [5, 5.41) is 2.73. The molecule has 2 aromatic rings. The SMILES string of the molecule is CN=C(C)N(C)c1ccc(NC(=O)OCCc2ccccc2)cc1. The molecule has 0 radical (unpaired) electrons. The summed E-state index contributed by atoms with van der Waals surface area (Å²) in [4.78, 5) is 17.9. The predicted octanol–water partition coefficient (Wildman–Crippen LogP) is 3.96. The van der Waals surface area contributed by atoms with E-state index >= 15 is 0 Å². The van der Waals surface area contributed by atoms with Crippen LogP contribution in [0.1, 0.15) is 12.5 Å². The van der Waals surface area contributed by atoms with Crippen LogP contribution in [-0.4, -0.2) is 32.6 Å². The molecule has 0 bridgehead atoms. The maximum Gasteiger partial charge on any atom is 0.411 e. The van der Waals surface area contributed by atoms with E-state index in [9.17, 15) is 4.79 Å². The Balaban J connectivity index is 1.81. The number of aliphatic imine (C=N–C) groups is 1. The van der Waals surface area contributed by atoms with Crippen molar-refractivity contribution in [2.75, 3.05) is 30.9 Å². The number of ether oxygens (including phenoxy) is 1. The molecule has 1 amide bonds. The second-order valence-electron chi connectivity index (χ2n) is 5.37. The Hall–Kier alpha value is -2.82. The van der Waals surface area contributed by atoms with Crippen LogP contribution in [-0.2, 0) is 11.2 Å². The topological polar surface area (TPSA) is 53.9 Å². The molecular formula is C19H23N3O2. The largest absolute Gasteiger partial charge is 0.449 e. The zero-order chi connectivity index (χ0) is 17.4. The first kappa shape index (κ1) is 17.5. The Kier molecular flexibility index (Phi) is 6.37. The van der Waals surface area contributed by atoms with Gasteiger partial charge in [0, 0.05) is 31.9 Å². The number of benzene rings is 2. The molecular weight excluding hydrogens is 302 g/mol. The third-order valence-electron chi connectivity index (χ3n) is 3.78. The smallest absolute Gasteiger partial charge is 0.411 e. The van der Waals surface area contributed by atoms with E-state index in [1.165, 1.54) is 0 Å². The number of amides is 1. The van der Waals surface area contributed by atoms with E-state index in [0.29, 0.717) is 18.7 Å². The maximum atomic E-state index is 11.8. The zero-order valence-electron chi connectivity index (χ0n) is 14.3. The minimum atomic E-state index is -0.446. The van der Waals surface area contributed by atoms with Crippen molar-refractivity contribution in [1.82, 2.24) is 0 Å². The molecule has 0 aromatic heterocycles. The molecule has 0 atom stereocenters. The second kappa shape index (κ2) is 8.72. The van der Waals surface area contributed by atoms with Gasteiger partial charge in [0.15, 0.2) is 0 Å². The molecule has 0 aliphatic carbocycles. The fraction of sp³-hybridized carbons (Fsp3) is 0.263. The Morgan fingerprint density at radius 1 is 1.12 bits per heavy atom. The first-order valence-corrected chi connectivity index (χ1v) is 7.85. The number of amidine groups is 1. The summed E-state index contributed by atoms with van der Waals surface area (Å²) >= 11 is 0. The van der Waals surface area contributed by atoms with Gasteiger partial charge in [0.05, 0.1) is 12.4 Å². The Bertz CT molecular complexity index is 682. The first-order valence-electron chi connectivity index (χ1n) is 7.85. The highest BCUT2D eigenvalue weighted by molar-refractivity contribution is 5.95. The molecule has 1 N–H and O–H groups in total. The number of carbonyl (C=O) groups excluding carboxylic acids is 1. The molecule has 0 aliphatic rings. The lowest BCUT2D eigenvalue weighted by Crippen LogP contribution is -2.23. The third-order valence-corrected chi connectivity index (χ3v) is 3.78. The van der Waals surface area contributed by atoms with Gasteiger partial charge in [-0.1, -0.05) is 30.3 Å². The molecule has 0 saturated carbocycles. The van der Waals surface area contributed by atoms with Crippen molar-refractivity contribution >= 4 is 23.3 Å². The van der Waals surface area contributed by atoms with Gasteiger partial charge in [-0.3, -0.25) is 10.3 Å². The normalized spacial score (nSPS) is 11.0. The number of nitrogens with one attached hydrogen (secondary N) is 1. The van der Waals surface area contributed by atoms with Crippen LogP contribution in [0.2, 0.25) is 0 Å². The minimum absolute atomic E-state index is 0.350. The van der Waals surface area contributed by atoms with Gasteiger partial charge in [-0.25, -0.2) is 4.79 Å². The van der Waals surface area contributed by atoms with Crippen molar-refractivity contribution < 1.29 is 9.53 Å². The van der Waals surface area contributed by atoms with Crippen LogP contribution >= 0.6 is 0 Å². The van der Waals surface area contributed by atoms with Crippen LogP contribution in [0, 0.1) is 0 Å². The molecule has 0 fully saturated rings. The molecule has 24 heavy (non-hydrogen) atoms. The lowest BCUT2D eigenvalue weighted by atomic mass is 10.2. The molecule has 5 heteroatoms. The van der Waals surface area contributed by atoms with Gasteiger partial charge < -0.3 is 9.64 Å². The van der Waals surface area contributed by atoms with Crippen molar-refractivity contribution in [3.63, 3.8) is 0 Å². The van der Waals surface area contributed by atoms with Crippen LogP contribution in [0.15, 0.2) is 59.6 Å². The molecule has 0 unspecified atom stereocenters. The molecule has 2 rings (SSSR count). The molecule has 0 heterocycles. The van der Waals surface area contributed by atoms with Crippen molar-refractivity contribution in [2.24, 2.45) is 4.99 Å². The van der Waals surface area contributed by atoms with E-state index in [1.807, 2.05) is 73.5 Å². The Morgan fingerprint density at radius 2 is 1.79 bits per heavy atom. The predicted molar refractivity (Wildman–Crippen MR) is 99.0 cm³/mol. The van der Waals surface area contributed by atoms with E-state index in [2.05, 4.69) is 10.3 Å². The van der Waals surface area contributed by atoms with Gasteiger partial charge in [-0.15, -0.1) is 0 Å². The van der Waals surface area contributed by atoms with Gasteiger partial charge >= 0.3 is 6.09 Å². The van der Waals surface area contributed by atoms with Crippen molar-refractivity contribution in [3.05, 3.63) is 60.2 Å². The lowest BCUT2D eigenvalue weighted by Gasteiger charge is -2.18. The highest BCUT2D eigenvalue weighted by Crippen LogP contribution is 2.17. The fourth-order valence-electron chi connectivity index (χ4n) is 2.17. The lowest BCUT2D eigenvalue weighted by molar-refractivity contribution is 0.163. The zero-order valence-corrected chi connectivity index (χ0v) is 14.3. The standard InChI is InChI=1S/C19H23N3O2/c1-15(20-2)22(3)18-11-9-17(10-12-18)21-19(23)24-14-13-16-7-5-4-6-8-16/h4-12H,13-14H2,1-3H3,(H,21,23). The van der Waals surface area contributed by atoms with E-state index in [1.54, 1.807) is 7.05 Å². The second-order valence-corrected chi connectivity index (χ2v) is 5.37. The number of anilines is 2. The summed E-state index contributed by atoms with van der Waals surface area (Å²) in [6.07, 6.45) is 0.256. The summed E-state index contributed by atoms with van der Waals surface area (Å²) in [5.74, 6) is 0.913. The van der Waals surface area contributed by atoms with E-state index < -0.39 is 6.09 Å². The monoisotopic (exact) mass is 325 g/mol. The number of nitrogens with zero attached hydrogens (tertiary/aromatic N) is 2. The number of hydrogen-bond acceptors (Lipinski definition) is 3. The summed E-state index contributed by atoms with van der Waals surface area (Å²) in [7, 11) is 3.70. The van der Waals surface area contributed by atoms with Crippen molar-refractivity contribution in [1.29, 1.82) is 0 Å². The van der Waals surface area contributed by atoms with Crippen LogP contribution in [0.5, 0.6) is 0 Å². The average Bonchev–Trinajstić information content (AvgIpc) is 2.62. The quantitative estimate of drug-likeness (QED) is 0.668. The molecule has 126 valence electrons. The van der Waals surface area contributed by atoms with Gasteiger partial charge in [0.25, 0.3) is 0 Å². The number of rotatable bonds is 5. The Morgan fingerprint density at radius 3 is 2.42 bits per heavy atom. The van der Waals surface area contributed by atoms with Crippen LogP contribution in [0.4, 0.5) is 16.2 Å². The minimum Gasteiger partial charge on any atom is -0.449 e. The Labute approximate surface area is 143 Å². The summed E-state index contributed by atoms with van der Waals surface area (Å²) in [5.41, 5.74) is 2.84. The number of hydrogen-bond donors (Lipinski definition) is 1. The van der Waals surface area contributed by atoms with Gasteiger partial charge in [-0.2, -0.15) is 0 Å². The highest BCUT2D eigenvalue weighted by Gasteiger charge is 2.06. The molecule has 5 nitrogen and oxygen atoms in total. The molecule has 2 aromatic carbocycles. The summed E-state index contributed by atoms with van der Waals surface area (Å²) in [6.45, 7) is 2.29.